The average Bonchev–Trinajstić information content (AvgIpc) is 2.53. The van der Waals surface area contributed by atoms with Crippen molar-refractivity contribution in [1.82, 2.24) is 0 Å². The summed E-state index contributed by atoms with van der Waals surface area (Å²) >= 11 is 0.125. The SMILES string of the molecule is CCCCCCCCCCCCCCCCCC(=O)O.[Ca+2].[H-].[H-].[O]=[Zn]. The Hall–Kier alpha value is 1.15. The van der Waals surface area contributed by atoms with Crippen LogP contribution >= 0.6 is 0 Å². The molecule has 0 fully saturated rings. The number of hydrogen-bond donors (Lipinski definition) is 1. The second-order valence-electron chi connectivity index (χ2n) is 6.09. The molecule has 0 aliphatic heterocycles. The third kappa shape index (κ3) is 31.4. The second kappa shape index (κ2) is 28.0. The topological polar surface area (TPSA) is 54.4 Å². The monoisotopic (exact) mass is 406 g/mol. The fourth-order valence-electron chi connectivity index (χ4n) is 2.65. The molecule has 0 spiro atoms. The van der Waals surface area contributed by atoms with Crippen molar-refractivity contribution in [1.29, 1.82) is 0 Å². The maximum atomic E-state index is 10.3. The van der Waals surface area contributed by atoms with E-state index < -0.39 is 5.97 Å². The summed E-state index contributed by atoms with van der Waals surface area (Å²) in [6.45, 7) is 2.27. The van der Waals surface area contributed by atoms with Gasteiger partial charge in [-0.15, -0.1) is 0 Å². The van der Waals surface area contributed by atoms with Gasteiger partial charge >= 0.3 is 65.5 Å². The number of unbranched alkanes of at least 4 members (excludes halogenated alkanes) is 14. The molecule has 0 aromatic heterocycles. The minimum atomic E-state index is -0.653. The van der Waals surface area contributed by atoms with Crippen LogP contribution in [0.4, 0.5) is 0 Å². The molecule has 23 heavy (non-hydrogen) atoms. The number of carboxylic acid groups (broad SMARTS) is 1. The quantitative estimate of drug-likeness (QED) is 0.250. The van der Waals surface area contributed by atoms with Crippen LogP contribution in [0.15, 0.2) is 0 Å². The van der Waals surface area contributed by atoms with Gasteiger partial charge in [-0.25, -0.2) is 0 Å². The van der Waals surface area contributed by atoms with Crippen molar-refractivity contribution in [3.8, 4) is 0 Å². The molecule has 0 bridgehead atoms. The molecule has 0 amide bonds. The zero-order chi connectivity index (χ0) is 16.9. The molecule has 132 valence electrons. The first kappa shape index (κ1) is 28.9. The number of aliphatic carboxylic acids is 1. The molecule has 0 aromatic rings. The molecule has 0 saturated carbocycles. The van der Waals surface area contributed by atoms with Crippen LogP contribution in [0.3, 0.4) is 0 Å². The van der Waals surface area contributed by atoms with Gasteiger partial charge in [-0.1, -0.05) is 96.8 Å². The summed E-state index contributed by atoms with van der Waals surface area (Å²) in [5.41, 5.74) is 0. The molecule has 0 saturated heterocycles. The van der Waals surface area contributed by atoms with E-state index >= 15 is 0 Å². The molecule has 1 N–H and O–H groups in total. The van der Waals surface area contributed by atoms with E-state index in [1.54, 1.807) is 0 Å². The van der Waals surface area contributed by atoms with Crippen molar-refractivity contribution in [3.63, 3.8) is 0 Å². The van der Waals surface area contributed by atoms with Crippen molar-refractivity contribution in [2.45, 2.75) is 110 Å². The predicted molar refractivity (Wildman–Crippen MR) is 95.8 cm³/mol. The van der Waals surface area contributed by atoms with E-state index in [0.29, 0.717) is 6.42 Å². The maximum absolute atomic E-state index is 10.3. The van der Waals surface area contributed by atoms with E-state index in [9.17, 15) is 4.79 Å². The van der Waals surface area contributed by atoms with Crippen LogP contribution in [0, 0.1) is 0 Å². The molecular weight excluding hydrogens is 370 g/mol. The van der Waals surface area contributed by atoms with E-state index in [1.807, 2.05) is 0 Å². The van der Waals surface area contributed by atoms with Gasteiger partial charge < -0.3 is 7.96 Å². The van der Waals surface area contributed by atoms with Gasteiger partial charge in [0.2, 0.25) is 0 Å². The first-order valence-corrected chi connectivity index (χ1v) is 10.5. The van der Waals surface area contributed by atoms with Gasteiger partial charge in [0.25, 0.3) is 0 Å². The minimum absolute atomic E-state index is 0. The van der Waals surface area contributed by atoms with Crippen molar-refractivity contribution in [3.05, 3.63) is 0 Å². The van der Waals surface area contributed by atoms with E-state index in [0.717, 1.165) is 12.8 Å². The molecule has 5 heteroatoms. The molecule has 3 nitrogen and oxygen atoms in total. The summed E-state index contributed by atoms with van der Waals surface area (Å²) in [5.74, 6) is -0.653. The van der Waals surface area contributed by atoms with Crippen molar-refractivity contribution < 1.29 is 34.6 Å². The Morgan fingerprint density at radius 1 is 0.696 bits per heavy atom. The van der Waals surface area contributed by atoms with Crippen LogP contribution in [0.25, 0.3) is 0 Å². The van der Waals surface area contributed by atoms with Gasteiger partial charge in [-0.2, -0.15) is 0 Å². The molecule has 0 atom stereocenters. The molecule has 0 unspecified atom stereocenters. The Kier molecular flexibility index (Phi) is 35.2. The Morgan fingerprint density at radius 2 is 0.957 bits per heavy atom. The number of carbonyl (C=O) groups is 1. The molecular formula is C18H38CaO3Zn. The molecule has 0 rings (SSSR count). The van der Waals surface area contributed by atoms with E-state index in [2.05, 4.69) is 6.92 Å². The summed E-state index contributed by atoms with van der Waals surface area (Å²) in [6.07, 6.45) is 20.2. The zero-order valence-corrected chi connectivity index (χ0v) is 20.7. The first-order chi connectivity index (χ1) is 10.8. The summed E-state index contributed by atoms with van der Waals surface area (Å²) in [6, 6.07) is 0. The second-order valence-corrected chi connectivity index (χ2v) is 6.09. The predicted octanol–water partition coefficient (Wildman–Crippen LogP) is 6.06. The molecule has 0 aliphatic carbocycles. The Balaban J connectivity index is -0.000000256. The van der Waals surface area contributed by atoms with Gasteiger partial charge in [-0.3, -0.25) is 4.79 Å². The van der Waals surface area contributed by atoms with E-state index in [1.165, 1.54) is 83.5 Å². The Bertz CT molecular complexity index is 238. The van der Waals surface area contributed by atoms with Crippen molar-refractivity contribution >= 4 is 43.7 Å². The average molecular weight is 408 g/mol. The van der Waals surface area contributed by atoms with Crippen molar-refractivity contribution in [2.75, 3.05) is 0 Å². The molecule has 0 aliphatic rings. The van der Waals surface area contributed by atoms with Crippen LogP contribution in [0.5, 0.6) is 0 Å². The fourth-order valence-corrected chi connectivity index (χ4v) is 2.65. The first-order valence-electron chi connectivity index (χ1n) is 9.28. The number of rotatable bonds is 16. The third-order valence-electron chi connectivity index (χ3n) is 3.99. The van der Waals surface area contributed by atoms with Crippen LogP contribution in [-0.4, -0.2) is 48.8 Å². The standard InChI is InChI=1S/C18H36O2.Ca.O.Zn.2H/c1-2-3-4-5-6-7-8-9-10-11-12-13-14-15-16-17-18(19)20;;;;;/h2-17H2,1H3,(H,19,20);;;;;/q;+2;;;2*-1. The van der Waals surface area contributed by atoms with Gasteiger partial charge in [0, 0.05) is 6.42 Å². The van der Waals surface area contributed by atoms with Crippen molar-refractivity contribution in [2.24, 2.45) is 0 Å². The summed E-state index contributed by atoms with van der Waals surface area (Å²) in [5, 5.41) is 8.52. The van der Waals surface area contributed by atoms with E-state index in [4.69, 9.17) is 8.68 Å². The van der Waals surface area contributed by atoms with Crippen LogP contribution in [0.1, 0.15) is 113 Å². The molecule has 0 aromatic carbocycles. The van der Waals surface area contributed by atoms with Crippen LogP contribution in [-0.2, 0) is 26.6 Å². The van der Waals surface area contributed by atoms with E-state index in [-0.39, 0.29) is 58.8 Å². The Morgan fingerprint density at radius 3 is 1.22 bits per heavy atom. The summed E-state index contributed by atoms with van der Waals surface area (Å²) < 4.78 is 8.38. The fraction of sp³-hybridized carbons (Fsp3) is 0.944. The van der Waals surface area contributed by atoms with Crippen LogP contribution < -0.4 is 0 Å². The van der Waals surface area contributed by atoms with Gasteiger partial charge in [0.15, 0.2) is 0 Å². The molecule has 0 heterocycles. The normalized spacial score (nSPS) is 9.70. The molecule has 0 radical (unpaired) electrons. The summed E-state index contributed by atoms with van der Waals surface area (Å²) in [7, 11) is 0. The van der Waals surface area contributed by atoms with Gasteiger partial charge in [0.05, 0.1) is 0 Å². The number of carboxylic acids is 1. The third-order valence-corrected chi connectivity index (χ3v) is 3.99. The number of hydrogen-bond acceptors (Lipinski definition) is 2. The zero-order valence-electron chi connectivity index (χ0n) is 17.5. The van der Waals surface area contributed by atoms with Gasteiger partial charge in [0.1, 0.15) is 0 Å². The Labute approximate surface area is 186 Å². The summed E-state index contributed by atoms with van der Waals surface area (Å²) in [4.78, 5) is 10.3. The van der Waals surface area contributed by atoms with Crippen LogP contribution in [0.2, 0.25) is 0 Å². The van der Waals surface area contributed by atoms with Gasteiger partial charge in [-0.05, 0) is 6.42 Å².